The number of aromatic nitrogens is 4. The molecule has 0 spiro atoms. The number of nitrogens with zero attached hydrogens (tertiary/aromatic N) is 5. The lowest BCUT2D eigenvalue weighted by Crippen LogP contribution is -2.27. The van der Waals surface area contributed by atoms with Gasteiger partial charge in [0, 0.05) is 30.6 Å². The van der Waals surface area contributed by atoms with Crippen LogP contribution in [0.1, 0.15) is 50.3 Å². The Balaban J connectivity index is 1.34. The van der Waals surface area contributed by atoms with Crippen molar-refractivity contribution in [2.24, 2.45) is 11.7 Å². The van der Waals surface area contributed by atoms with Crippen molar-refractivity contribution in [3.8, 4) is 22.8 Å². The maximum Gasteiger partial charge on any atom is 0.153 e. The van der Waals surface area contributed by atoms with Gasteiger partial charge in [0.05, 0.1) is 0 Å². The number of ether oxygens (including phenoxy) is 1. The Labute approximate surface area is 222 Å². The second-order valence-electron chi connectivity index (χ2n) is 10.2. The van der Waals surface area contributed by atoms with Crippen LogP contribution in [0.15, 0.2) is 54.9 Å². The number of nitrogens with two attached hydrogens (primary N) is 2. The highest BCUT2D eigenvalue weighted by molar-refractivity contribution is 5.85. The Hall–Kier alpha value is -3.56. The first-order chi connectivity index (χ1) is 18.5. The summed E-state index contributed by atoms with van der Waals surface area (Å²) >= 11 is 0. The van der Waals surface area contributed by atoms with Crippen LogP contribution in [0.4, 0.5) is 10.2 Å². The number of likely N-dealkylation sites (N-methyl/N-ethyl adjacent to an activating group) is 1. The molecule has 9 heteroatoms. The van der Waals surface area contributed by atoms with Crippen LogP contribution in [0.5, 0.6) is 11.5 Å². The van der Waals surface area contributed by atoms with Gasteiger partial charge in [0.25, 0.3) is 0 Å². The van der Waals surface area contributed by atoms with E-state index in [4.69, 9.17) is 21.2 Å². The first kappa shape index (κ1) is 26.1. The molecule has 4 aromatic rings. The monoisotopic (exact) mass is 517 g/mol. The summed E-state index contributed by atoms with van der Waals surface area (Å²) in [7, 11) is 2.13. The zero-order valence-corrected chi connectivity index (χ0v) is 21.9. The lowest BCUT2D eigenvalue weighted by atomic mass is 9.79. The quantitative estimate of drug-likeness (QED) is 0.296. The Morgan fingerprint density at radius 3 is 2.58 bits per heavy atom. The molecule has 0 bridgehead atoms. The average Bonchev–Trinajstić information content (AvgIpc) is 3.31. The van der Waals surface area contributed by atoms with Gasteiger partial charge in [-0.25, -0.2) is 18.9 Å². The van der Waals surface area contributed by atoms with E-state index < -0.39 is 5.82 Å². The molecular weight excluding hydrogens is 481 g/mol. The van der Waals surface area contributed by atoms with Crippen LogP contribution in [0.2, 0.25) is 0 Å². The van der Waals surface area contributed by atoms with E-state index in [1.807, 2.05) is 30.3 Å². The minimum absolute atomic E-state index is 0.241. The van der Waals surface area contributed by atoms with Crippen LogP contribution in [0.3, 0.4) is 0 Å². The first-order valence-electron chi connectivity index (χ1n) is 13.4. The van der Waals surface area contributed by atoms with E-state index in [1.165, 1.54) is 25.2 Å². The Morgan fingerprint density at radius 1 is 1.05 bits per heavy atom. The summed E-state index contributed by atoms with van der Waals surface area (Å²) in [6.45, 7) is 2.73. The molecule has 0 aliphatic heterocycles. The van der Waals surface area contributed by atoms with Crippen LogP contribution in [0.25, 0.3) is 16.8 Å². The summed E-state index contributed by atoms with van der Waals surface area (Å²) in [5, 5.41) is 4.47. The van der Waals surface area contributed by atoms with Crippen molar-refractivity contribution in [3.05, 3.63) is 66.5 Å². The van der Waals surface area contributed by atoms with E-state index in [-0.39, 0.29) is 11.7 Å². The maximum absolute atomic E-state index is 15.4. The maximum atomic E-state index is 15.4. The van der Waals surface area contributed by atoms with Crippen LogP contribution in [-0.2, 0) is 0 Å². The number of hydrogen-bond donors (Lipinski definition) is 2. The molecule has 200 valence electrons. The molecule has 0 saturated heterocycles. The first-order valence-corrected chi connectivity index (χ1v) is 13.4. The summed E-state index contributed by atoms with van der Waals surface area (Å²) in [6.07, 6.45) is 8.21. The molecule has 8 nitrogen and oxygen atoms in total. The van der Waals surface area contributed by atoms with Gasteiger partial charge in [-0.15, -0.1) is 0 Å². The zero-order valence-electron chi connectivity index (χ0n) is 21.9. The van der Waals surface area contributed by atoms with Gasteiger partial charge in [-0.3, -0.25) is 0 Å². The van der Waals surface area contributed by atoms with Gasteiger partial charge >= 0.3 is 0 Å². The van der Waals surface area contributed by atoms with Crippen molar-refractivity contribution in [3.63, 3.8) is 0 Å². The number of imidazole rings is 1. The number of nitrogen functional groups attached to an aromatic ring is 1. The number of halogens is 1. The van der Waals surface area contributed by atoms with Crippen LogP contribution >= 0.6 is 0 Å². The summed E-state index contributed by atoms with van der Waals surface area (Å²) in [4.78, 5) is 11.4. The third kappa shape index (κ3) is 5.79. The molecule has 4 N–H and O–H groups in total. The third-order valence-corrected chi connectivity index (χ3v) is 7.54. The molecule has 0 atom stereocenters. The fraction of sp³-hybridized carbons (Fsp3) is 0.414. The van der Waals surface area contributed by atoms with E-state index in [0.29, 0.717) is 34.8 Å². The Bertz CT molecular complexity index is 1350. The molecule has 1 fully saturated rings. The Kier molecular flexibility index (Phi) is 8.14. The fourth-order valence-electron chi connectivity index (χ4n) is 5.50. The summed E-state index contributed by atoms with van der Waals surface area (Å²) < 4.78 is 23.0. The summed E-state index contributed by atoms with van der Waals surface area (Å²) in [5.41, 5.74) is 13.3. The van der Waals surface area contributed by atoms with Gasteiger partial charge < -0.3 is 21.1 Å². The molecule has 2 heterocycles. The molecule has 5 rings (SSSR count). The van der Waals surface area contributed by atoms with Crippen LogP contribution < -0.4 is 16.2 Å². The van der Waals surface area contributed by atoms with Crippen molar-refractivity contribution in [2.75, 3.05) is 32.4 Å². The van der Waals surface area contributed by atoms with Gasteiger partial charge in [0.15, 0.2) is 5.82 Å². The molecule has 0 unspecified atom stereocenters. The van der Waals surface area contributed by atoms with Crippen molar-refractivity contribution >= 4 is 11.3 Å². The summed E-state index contributed by atoms with van der Waals surface area (Å²) in [6, 6.07) is 14.1. The van der Waals surface area contributed by atoms with Gasteiger partial charge in [-0.2, -0.15) is 5.10 Å². The number of para-hydroxylation sites is 1. The minimum atomic E-state index is -0.434. The van der Waals surface area contributed by atoms with Crippen LogP contribution in [0, 0.1) is 11.7 Å². The molecule has 1 aliphatic carbocycles. The minimum Gasteiger partial charge on any atom is -0.457 e. The fourth-order valence-corrected chi connectivity index (χ4v) is 5.50. The number of fused-ring (bicyclic) bond motifs is 1. The normalized spacial score (nSPS) is 17.8. The largest absolute Gasteiger partial charge is 0.457 e. The van der Waals surface area contributed by atoms with E-state index in [9.17, 15) is 0 Å². The molecule has 2 aromatic carbocycles. The Morgan fingerprint density at radius 2 is 1.84 bits per heavy atom. The van der Waals surface area contributed by atoms with Gasteiger partial charge in [0.1, 0.15) is 40.7 Å². The molecule has 0 amide bonds. The van der Waals surface area contributed by atoms with Crippen molar-refractivity contribution in [1.82, 2.24) is 24.5 Å². The molecule has 2 aromatic heterocycles. The van der Waals surface area contributed by atoms with Gasteiger partial charge in [-0.1, -0.05) is 18.2 Å². The van der Waals surface area contributed by atoms with E-state index in [0.717, 1.165) is 50.5 Å². The second kappa shape index (κ2) is 11.9. The highest BCUT2D eigenvalue weighted by Gasteiger charge is 2.29. The van der Waals surface area contributed by atoms with E-state index >= 15 is 4.39 Å². The predicted octanol–water partition coefficient (Wildman–Crippen LogP) is 5.25. The highest BCUT2D eigenvalue weighted by atomic mass is 19.1. The third-order valence-electron chi connectivity index (χ3n) is 7.54. The lowest BCUT2D eigenvalue weighted by Gasteiger charge is -2.28. The van der Waals surface area contributed by atoms with E-state index in [1.54, 1.807) is 16.6 Å². The molecule has 38 heavy (non-hydrogen) atoms. The lowest BCUT2D eigenvalue weighted by molar-refractivity contribution is 0.272. The van der Waals surface area contributed by atoms with Crippen molar-refractivity contribution in [2.45, 2.75) is 44.4 Å². The summed E-state index contributed by atoms with van der Waals surface area (Å²) in [5.74, 6) is 2.70. The topological polar surface area (TPSA) is 108 Å². The van der Waals surface area contributed by atoms with Gasteiger partial charge in [-0.05, 0) is 82.3 Å². The van der Waals surface area contributed by atoms with Gasteiger partial charge in [0.2, 0.25) is 0 Å². The van der Waals surface area contributed by atoms with Crippen molar-refractivity contribution < 1.29 is 9.13 Å². The highest BCUT2D eigenvalue weighted by Crippen LogP contribution is 2.40. The molecule has 1 saturated carbocycles. The predicted molar refractivity (Wildman–Crippen MR) is 148 cm³/mol. The number of hydrogen-bond acceptors (Lipinski definition) is 7. The average molecular weight is 518 g/mol. The standard InChI is InChI=1S/C29H36FN7O/c1-36(17-15-31)16-5-6-20-9-11-21(12-10-20)29-35-26(27-28(32)33-19-34-37(27)29)24-14-13-23(18-25(24)30)38-22-7-3-2-4-8-22/h2-4,7-8,13-14,18-21H,5-6,9-12,15-17,31H2,1H3,(H2,32,33,34). The smallest absolute Gasteiger partial charge is 0.153 e. The van der Waals surface area contributed by atoms with Crippen molar-refractivity contribution in [1.29, 1.82) is 0 Å². The SMILES string of the molecule is CN(CCN)CCCC1CCC(c2nc(-c3ccc(Oc4ccccc4)cc3F)c3c(N)ncnn23)CC1. The number of anilines is 1. The molecule has 0 radical (unpaired) electrons. The second-order valence-corrected chi connectivity index (χ2v) is 10.2. The van der Waals surface area contributed by atoms with Crippen LogP contribution in [-0.4, -0.2) is 51.2 Å². The number of benzene rings is 2. The molecule has 1 aliphatic rings. The molecular formula is C29H36FN7O. The number of rotatable bonds is 10. The zero-order chi connectivity index (χ0) is 26.5. The van der Waals surface area contributed by atoms with E-state index in [2.05, 4.69) is 22.0 Å².